The van der Waals surface area contributed by atoms with Crippen molar-refractivity contribution in [2.45, 2.75) is 18.9 Å². The number of aromatic amines is 1. The Balaban J connectivity index is 1.71. The predicted molar refractivity (Wildman–Crippen MR) is 81.9 cm³/mol. The van der Waals surface area contributed by atoms with Gasteiger partial charge in [-0.3, -0.25) is 4.79 Å². The molecule has 3 rings (SSSR count). The molecule has 1 saturated heterocycles. The number of piperidine rings is 1. The quantitative estimate of drug-likeness (QED) is 0.671. The molecule has 3 heterocycles. The van der Waals surface area contributed by atoms with Crippen LogP contribution in [0.2, 0.25) is 0 Å². The van der Waals surface area contributed by atoms with E-state index in [2.05, 4.69) is 30.9 Å². The molecule has 1 atom stereocenters. The molecule has 2 aromatic rings. The highest BCUT2D eigenvalue weighted by Gasteiger charge is 2.13. The standard InChI is InChI=1S/C14H18N6O/c21-13-11(4-2-7-16-13)19-14-17-8-5-12(20-14)18-10-3-1-6-15-9-10/h2,4-5,7-8,10,15H,1,3,6,9H2,(H,16,21)(H2,17,18,19,20). The Kier molecular flexibility index (Phi) is 4.11. The maximum atomic E-state index is 11.6. The fourth-order valence-corrected chi connectivity index (χ4v) is 2.32. The average Bonchev–Trinajstić information content (AvgIpc) is 2.51. The summed E-state index contributed by atoms with van der Waals surface area (Å²) in [4.78, 5) is 22.8. The summed E-state index contributed by atoms with van der Waals surface area (Å²) in [5.74, 6) is 1.16. The van der Waals surface area contributed by atoms with Crippen molar-refractivity contribution >= 4 is 17.5 Å². The van der Waals surface area contributed by atoms with Gasteiger partial charge in [0.25, 0.3) is 5.56 Å². The van der Waals surface area contributed by atoms with E-state index in [1.165, 1.54) is 0 Å². The molecule has 0 saturated carbocycles. The van der Waals surface area contributed by atoms with Gasteiger partial charge in [-0.2, -0.15) is 4.98 Å². The van der Waals surface area contributed by atoms with Crippen LogP contribution in [0.3, 0.4) is 0 Å². The smallest absolute Gasteiger partial charge is 0.271 e. The molecule has 0 amide bonds. The lowest BCUT2D eigenvalue weighted by Gasteiger charge is -2.24. The molecular weight excluding hydrogens is 268 g/mol. The van der Waals surface area contributed by atoms with Crippen LogP contribution < -0.4 is 21.5 Å². The topological polar surface area (TPSA) is 94.7 Å². The molecule has 21 heavy (non-hydrogen) atoms. The van der Waals surface area contributed by atoms with Crippen LogP contribution in [0, 0.1) is 0 Å². The van der Waals surface area contributed by atoms with Crippen LogP contribution >= 0.6 is 0 Å². The second-order valence-corrected chi connectivity index (χ2v) is 4.99. The Morgan fingerprint density at radius 2 is 2.29 bits per heavy atom. The first-order valence-electron chi connectivity index (χ1n) is 7.06. The second kappa shape index (κ2) is 6.36. The monoisotopic (exact) mass is 286 g/mol. The number of pyridine rings is 1. The van der Waals surface area contributed by atoms with Gasteiger partial charge in [-0.15, -0.1) is 0 Å². The first-order valence-corrected chi connectivity index (χ1v) is 7.06. The molecule has 0 aliphatic carbocycles. The molecule has 110 valence electrons. The maximum absolute atomic E-state index is 11.6. The van der Waals surface area contributed by atoms with Gasteiger partial charge in [0.05, 0.1) is 0 Å². The molecular formula is C14H18N6O. The molecule has 7 heteroatoms. The summed E-state index contributed by atoms with van der Waals surface area (Å²) >= 11 is 0. The molecule has 1 unspecified atom stereocenters. The van der Waals surface area contributed by atoms with Crippen LogP contribution in [0.1, 0.15) is 12.8 Å². The first-order chi connectivity index (χ1) is 10.3. The molecule has 4 N–H and O–H groups in total. The molecule has 1 fully saturated rings. The van der Waals surface area contributed by atoms with E-state index < -0.39 is 0 Å². The highest BCUT2D eigenvalue weighted by molar-refractivity contribution is 5.53. The van der Waals surface area contributed by atoms with Crippen molar-refractivity contribution in [2.75, 3.05) is 23.7 Å². The van der Waals surface area contributed by atoms with E-state index in [1.807, 2.05) is 6.07 Å². The van der Waals surface area contributed by atoms with Gasteiger partial charge in [0.15, 0.2) is 0 Å². The van der Waals surface area contributed by atoms with Crippen molar-refractivity contribution < 1.29 is 0 Å². The largest absolute Gasteiger partial charge is 0.366 e. The van der Waals surface area contributed by atoms with Crippen molar-refractivity contribution in [1.82, 2.24) is 20.3 Å². The van der Waals surface area contributed by atoms with Crippen molar-refractivity contribution in [2.24, 2.45) is 0 Å². The molecule has 0 bridgehead atoms. The number of hydrogen-bond acceptors (Lipinski definition) is 6. The van der Waals surface area contributed by atoms with Crippen LogP contribution in [0.15, 0.2) is 35.4 Å². The van der Waals surface area contributed by atoms with E-state index in [4.69, 9.17) is 0 Å². The third kappa shape index (κ3) is 3.57. The lowest BCUT2D eigenvalue weighted by atomic mass is 10.1. The summed E-state index contributed by atoms with van der Waals surface area (Å²) < 4.78 is 0. The Bertz CT molecular complexity index is 650. The van der Waals surface area contributed by atoms with E-state index in [9.17, 15) is 4.79 Å². The average molecular weight is 286 g/mol. The Morgan fingerprint density at radius 1 is 1.33 bits per heavy atom. The maximum Gasteiger partial charge on any atom is 0.271 e. The highest BCUT2D eigenvalue weighted by atomic mass is 16.1. The fourth-order valence-electron chi connectivity index (χ4n) is 2.32. The zero-order valence-electron chi connectivity index (χ0n) is 11.6. The minimum atomic E-state index is -0.198. The number of nitrogens with one attached hydrogen (secondary N) is 4. The van der Waals surface area contributed by atoms with E-state index in [1.54, 1.807) is 24.5 Å². The van der Waals surface area contributed by atoms with Gasteiger partial charge in [0.1, 0.15) is 11.5 Å². The van der Waals surface area contributed by atoms with Gasteiger partial charge in [0, 0.05) is 25.0 Å². The molecule has 7 nitrogen and oxygen atoms in total. The summed E-state index contributed by atoms with van der Waals surface area (Å²) in [7, 11) is 0. The number of hydrogen-bond donors (Lipinski definition) is 4. The lowest BCUT2D eigenvalue weighted by molar-refractivity contribution is 0.479. The van der Waals surface area contributed by atoms with E-state index in [0.29, 0.717) is 17.7 Å². The van der Waals surface area contributed by atoms with E-state index in [-0.39, 0.29) is 5.56 Å². The van der Waals surface area contributed by atoms with Crippen molar-refractivity contribution in [1.29, 1.82) is 0 Å². The first kappa shape index (κ1) is 13.6. The van der Waals surface area contributed by atoms with Gasteiger partial charge < -0.3 is 20.9 Å². The Morgan fingerprint density at radius 3 is 3.10 bits per heavy atom. The number of H-pyrrole nitrogens is 1. The van der Waals surface area contributed by atoms with Crippen LogP contribution in [0.5, 0.6) is 0 Å². The van der Waals surface area contributed by atoms with Crippen molar-refractivity contribution in [3.05, 3.63) is 40.9 Å². The van der Waals surface area contributed by atoms with Gasteiger partial charge in [-0.05, 0) is 37.6 Å². The molecule has 0 radical (unpaired) electrons. The third-order valence-electron chi connectivity index (χ3n) is 3.37. The molecule has 0 aromatic carbocycles. The van der Waals surface area contributed by atoms with Gasteiger partial charge in [-0.1, -0.05) is 0 Å². The van der Waals surface area contributed by atoms with Crippen molar-refractivity contribution in [3.8, 4) is 0 Å². The summed E-state index contributed by atoms with van der Waals surface area (Å²) in [6.07, 6.45) is 5.54. The third-order valence-corrected chi connectivity index (χ3v) is 3.37. The van der Waals surface area contributed by atoms with Gasteiger partial charge in [-0.25, -0.2) is 4.98 Å². The fraction of sp³-hybridized carbons (Fsp3) is 0.357. The number of nitrogens with zero attached hydrogens (tertiary/aromatic N) is 2. The van der Waals surface area contributed by atoms with Crippen LogP contribution in [-0.2, 0) is 0 Å². The minimum Gasteiger partial charge on any atom is -0.366 e. The molecule has 1 aliphatic heterocycles. The number of anilines is 3. The predicted octanol–water partition coefficient (Wildman–Crippen LogP) is 1.07. The summed E-state index contributed by atoms with van der Waals surface area (Å²) in [5.41, 5.74) is 0.227. The second-order valence-electron chi connectivity index (χ2n) is 4.99. The Labute approximate surface area is 122 Å². The van der Waals surface area contributed by atoms with Crippen molar-refractivity contribution in [3.63, 3.8) is 0 Å². The van der Waals surface area contributed by atoms with Crippen LogP contribution in [0.25, 0.3) is 0 Å². The summed E-state index contributed by atoms with van der Waals surface area (Å²) in [6.45, 7) is 2.01. The zero-order valence-corrected chi connectivity index (χ0v) is 11.6. The highest BCUT2D eigenvalue weighted by Crippen LogP contribution is 2.13. The normalized spacial score (nSPS) is 18.2. The molecule has 1 aliphatic rings. The van der Waals surface area contributed by atoms with E-state index >= 15 is 0 Å². The number of aromatic nitrogens is 3. The lowest BCUT2D eigenvalue weighted by Crippen LogP contribution is -2.38. The SMILES string of the molecule is O=c1[nH]cccc1Nc1nccc(NC2CCCNC2)n1. The summed E-state index contributed by atoms with van der Waals surface area (Å²) in [5, 5.41) is 9.66. The van der Waals surface area contributed by atoms with Crippen LogP contribution in [-0.4, -0.2) is 34.1 Å². The van der Waals surface area contributed by atoms with Gasteiger partial charge >= 0.3 is 0 Å². The van der Waals surface area contributed by atoms with Crippen LogP contribution in [0.4, 0.5) is 17.5 Å². The molecule has 2 aromatic heterocycles. The molecule has 0 spiro atoms. The zero-order chi connectivity index (χ0) is 14.5. The summed E-state index contributed by atoms with van der Waals surface area (Å²) in [6, 6.07) is 5.64. The minimum absolute atomic E-state index is 0.198. The number of rotatable bonds is 4. The van der Waals surface area contributed by atoms with Gasteiger partial charge in [0.2, 0.25) is 5.95 Å². The van der Waals surface area contributed by atoms with E-state index in [0.717, 1.165) is 31.7 Å². The Hall–Kier alpha value is -2.41.